The first kappa shape index (κ1) is 35.9. The van der Waals surface area contributed by atoms with E-state index in [0.717, 1.165) is 45.7 Å². The van der Waals surface area contributed by atoms with Crippen molar-refractivity contribution in [3.63, 3.8) is 0 Å². The number of likely N-dealkylation sites (N-methyl/N-ethyl adjacent to an activating group) is 1. The summed E-state index contributed by atoms with van der Waals surface area (Å²) in [4.78, 5) is 38.0. The maximum Gasteiger partial charge on any atom is 1.00 e. The minimum Gasteiger partial charge on any atom is -0.352 e. The Morgan fingerprint density at radius 1 is 0.864 bits per heavy atom. The number of carbonyl (C=O) groups excluding carboxylic acids is 3. The van der Waals surface area contributed by atoms with Gasteiger partial charge < -0.3 is 16.4 Å². The topological polar surface area (TPSA) is 122 Å². The number of para-hydroxylation sites is 1. The number of amides is 3. The minimum atomic E-state index is -0.450. The van der Waals surface area contributed by atoms with Crippen molar-refractivity contribution in [1.82, 2.24) is 25.3 Å². The first-order valence-electron chi connectivity index (χ1n) is 15.3. The lowest BCUT2D eigenvalue weighted by Crippen LogP contribution is -2.37. The van der Waals surface area contributed by atoms with Crippen LogP contribution in [0.15, 0.2) is 72.8 Å². The fourth-order valence-corrected chi connectivity index (χ4v) is 4.30. The van der Waals surface area contributed by atoms with Crippen LogP contribution < -0.4 is 16.4 Å². The highest BCUT2D eigenvalue weighted by Gasteiger charge is 2.18. The molecule has 0 fully saturated rings. The lowest BCUT2D eigenvalue weighted by atomic mass is 10.1. The molecular formula is C35H49N6O3+. The summed E-state index contributed by atoms with van der Waals surface area (Å²) in [6, 6.07) is 22.2. The van der Waals surface area contributed by atoms with E-state index in [2.05, 4.69) is 31.4 Å². The number of nitrogens with two attached hydrogens (primary N) is 1. The van der Waals surface area contributed by atoms with E-state index in [1.54, 1.807) is 24.3 Å². The van der Waals surface area contributed by atoms with Crippen molar-refractivity contribution in [1.29, 1.82) is 0 Å². The van der Waals surface area contributed by atoms with Crippen molar-refractivity contribution in [2.24, 2.45) is 5.73 Å². The van der Waals surface area contributed by atoms with Crippen molar-refractivity contribution in [2.45, 2.75) is 60.4 Å². The van der Waals surface area contributed by atoms with Gasteiger partial charge in [0.1, 0.15) is 5.69 Å². The summed E-state index contributed by atoms with van der Waals surface area (Å²) in [5.74, 6) is -0.974. The van der Waals surface area contributed by atoms with Gasteiger partial charge in [-0.05, 0) is 76.2 Å². The molecule has 9 nitrogen and oxygen atoms in total. The molecule has 236 valence electrons. The van der Waals surface area contributed by atoms with Gasteiger partial charge in [0.2, 0.25) is 5.91 Å². The van der Waals surface area contributed by atoms with Crippen LogP contribution in [0.5, 0.6) is 0 Å². The smallest absolute Gasteiger partial charge is 0.352 e. The fourth-order valence-electron chi connectivity index (χ4n) is 4.30. The fraction of sp³-hybridized carbons (Fsp3) is 0.371. The van der Waals surface area contributed by atoms with Gasteiger partial charge in [-0.3, -0.25) is 19.3 Å². The Hall–Kier alpha value is -4.34. The van der Waals surface area contributed by atoms with E-state index in [1.807, 2.05) is 80.9 Å². The highest BCUT2D eigenvalue weighted by molar-refractivity contribution is 6.05. The van der Waals surface area contributed by atoms with Crippen LogP contribution in [0.2, 0.25) is 0 Å². The van der Waals surface area contributed by atoms with Crippen molar-refractivity contribution in [3.05, 3.63) is 83.9 Å². The first-order valence-corrected chi connectivity index (χ1v) is 15.3. The van der Waals surface area contributed by atoms with Crippen molar-refractivity contribution in [3.8, 4) is 16.9 Å². The molecule has 0 spiro atoms. The molecule has 44 heavy (non-hydrogen) atoms. The second kappa shape index (κ2) is 17.1. The molecule has 4 N–H and O–H groups in total. The summed E-state index contributed by atoms with van der Waals surface area (Å²) in [6.07, 6.45) is 0.849. The zero-order valence-corrected chi connectivity index (χ0v) is 27.4. The van der Waals surface area contributed by atoms with Gasteiger partial charge in [0.25, 0.3) is 11.8 Å². The van der Waals surface area contributed by atoms with Gasteiger partial charge in [-0.1, -0.05) is 58.0 Å². The molecule has 0 aliphatic heterocycles. The van der Waals surface area contributed by atoms with Crippen molar-refractivity contribution < 1.29 is 15.8 Å². The monoisotopic (exact) mass is 601 g/mol. The van der Waals surface area contributed by atoms with Gasteiger partial charge >= 0.3 is 1.43 Å². The zero-order chi connectivity index (χ0) is 32.9. The number of carbonyl (C=O) groups is 3. The van der Waals surface area contributed by atoms with Crippen molar-refractivity contribution >= 4 is 28.6 Å². The van der Waals surface area contributed by atoms with Crippen LogP contribution in [-0.2, 0) is 4.79 Å². The number of imide groups is 1. The molecule has 3 amide bonds. The average Bonchev–Trinajstić information content (AvgIpc) is 3.44. The molecule has 0 unspecified atom stereocenters. The molecule has 3 aromatic carbocycles. The Kier molecular flexibility index (Phi) is 13.9. The van der Waals surface area contributed by atoms with Gasteiger partial charge in [0.05, 0.1) is 17.7 Å². The molecule has 9 heteroatoms. The zero-order valence-electron chi connectivity index (χ0n) is 28.4. The summed E-state index contributed by atoms with van der Waals surface area (Å²) >= 11 is 0. The summed E-state index contributed by atoms with van der Waals surface area (Å²) in [7, 11) is 1.42. The third kappa shape index (κ3) is 9.33. The number of nitrogens with one attached hydrogen (secondary N) is 2. The molecule has 0 aliphatic rings. The third-order valence-corrected chi connectivity index (χ3v) is 6.51. The van der Waals surface area contributed by atoms with Crippen LogP contribution in [0.1, 0.15) is 77.0 Å². The number of hydrogen-bond donors (Lipinski definition) is 3. The first-order chi connectivity index (χ1) is 21.1. The van der Waals surface area contributed by atoms with Crippen LogP contribution in [-0.4, -0.2) is 64.6 Å². The van der Waals surface area contributed by atoms with Crippen LogP contribution in [0.25, 0.3) is 27.8 Å². The summed E-state index contributed by atoms with van der Waals surface area (Å²) in [5, 5.41) is 12.2. The molecule has 0 bridgehead atoms. The normalized spacial score (nSPS) is 10.7. The standard InChI is InChI=1S/C31H36N6O3.2C2H6/c1-31(2,3)34-19-7-18-33-29(39)22-12-10-21(11-13-22)28-25-8-5-6-9-26(25)37(35-28)24-16-14-23(15-17-24)30(40)36(4)27(38)20-32;2*1-2/h5-6,8-17,34H,7,18-20,32H2,1-4H3,(H,33,39);2*1-2H3/p+1. The number of aromatic nitrogens is 2. The summed E-state index contributed by atoms with van der Waals surface area (Å²) in [6.45, 7) is 15.6. The molecule has 0 radical (unpaired) electrons. The molecule has 0 saturated heterocycles. The Balaban J connectivity index is 0.00000195. The van der Waals surface area contributed by atoms with E-state index in [9.17, 15) is 14.4 Å². The Bertz CT molecular complexity index is 1510. The molecule has 0 aliphatic carbocycles. The highest BCUT2D eigenvalue weighted by Crippen LogP contribution is 2.30. The number of benzene rings is 3. The maximum absolute atomic E-state index is 12.6. The van der Waals surface area contributed by atoms with Gasteiger partial charge in [0, 0.05) is 41.2 Å². The van der Waals surface area contributed by atoms with E-state index < -0.39 is 11.8 Å². The number of fused-ring (bicyclic) bond motifs is 1. The van der Waals surface area contributed by atoms with Crippen LogP contribution in [0.4, 0.5) is 0 Å². The van der Waals surface area contributed by atoms with Gasteiger partial charge in [0.15, 0.2) is 0 Å². The molecule has 0 atom stereocenters. The molecule has 0 saturated carbocycles. The predicted molar refractivity (Wildman–Crippen MR) is 181 cm³/mol. The largest absolute Gasteiger partial charge is 1.00 e. The van der Waals surface area contributed by atoms with Crippen LogP contribution >= 0.6 is 0 Å². The third-order valence-electron chi connectivity index (χ3n) is 6.51. The Morgan fingerprint density at radius 3 is 2.05 bits per heavy atom. The van der Waals surface area contributed by atoms with E-state index in [1.165, 1.54) is 7.05 Å². The summed E-state index contributed by atoms with van der Waals surface area (Å²) in [5.41, 5.74) is 9.74. The van der Waals surface area contributed by atoms with Crippen molar-refractivity contribution in [2.75, 3.05) is 26.7 Å². The molecule has 1 heterocycles. The highest BCUT2D eigenvalue weighted by atomic mass is 16.2. The number of hydrogen-bond acceptors (Lipinski definition) is 6. The number of rotatable bonds is 9. The molecular weight excluding hydrogens is 552 g/mol. The Labute approximate surface area is 263 Å². The van der Waals surface area contributed by atoms with Gasteiger partial charge in [-0.2, -0.15) is 5.10 Å². The van der Waals surface area contributed by atoms with E-state index in [0.29, 0.717) is 17.7 Å². The lowest BCUT2D eigenvalue weighted by Gasteiger charge is -2.20. The van der Waals surface area contributed by atoms with Gasteiger partial charge in [-0.15, -0.1) is 0 Å². The second-order valence-electron chi connectivity index (χ2n) is 10.7. The van der Waals surface area contributed by atoms with E-state index in [-0.39, 0.29) is 19.4 Å². The van der Waals surface area contributed by atoms with Gasteiger partial charge in [-0.25, -0.2) is 4.68 Å². The second-order valence-corrected chi connectivity index (χ2v) is 10.7. The van der Waals surface area contributed by atoms with Crippen LogP contribution in [0.3, 0.4) is 0 Å². The molecule has 1 aromatic heterocycles. The SMILES string of the molecule is CC.CC.CN(C(=O)CN)C(=O)c1ccc(-n2nc(-c3ccc(C(=O)NCCCNC(C)(C)C)cc3)c3ccccc32)cc1.[H+]. The molecule has 4 rings (SSSR count). The quantitative estimate of drug-likeness (QED) is 0.205. The van der Waals surface area contributed by atoms with E-state index in [4.69, 9.17) is 10.8 Å². The van der Waals surface area contributed by atoms with Crippen LogP contribution in [0, 0.1) is 0 Å². The number of nitrogens with zero attached hydrogens (tertiary/aromatic N) is 3. The lowest BCUT2D eigenvalue weighted by molar-refractivity contribution is -0.126. The Morgan fingerprint density at radius 2 is 1.45 bits per heavy atom. The summed E-state index contributed by atoms with van der Waals surface area (Å²) < 4.78 is 1.82. The predicted octanol–water partition coefficient (Wildman–Crippen LogP) is 5.92. The molecule has 4 aromatic rings. The average molecular weight is 602 g/mol. The van der Waals surface area contributed by atoms with E-state index >= 15 is 0 Å². The minimum absolute atomic E-state index is 0. The maximum atomic E-state index is 12.6.